The van der Waals surface area contributed by atoms with Crippen molar-refractivity contribution in [2.24, 2.45) is 0 Å². The Morgan fingerprint density at radius 3 is 2.61 bits per heavy atom. The first kappa shape index (κ1) is 12.4. The highest BCUT2D eigenvalue weighted by Crippen LogP contribution is 2.09. The summed E-state index contributed by atoms with van der Waals surface area (Å²) in [7, 11) is 0. The van der Waals surface area contributed by atoms with Crippen molar-refractivity contribution in [2.45, 2.75) is 13.5 Å². The van der Waals surface area contributed by atoms with Crippen LogP contribution in [0.3, 0.4) is 0 Å². The maximum absolute atomic E-state index is 5.80. The lowest BCUT2D eigenvalue weighted by atomic mass is 10.4. The number of hydrogen-bond acceptors (Lipinski definition) is 7. The number of aromatic nitrogens is 5. The molecule has 2 N–H and O–H groups in total. The molecule has 0 bridgehead atoms. The zero-order valence-corrected chi connectivity index (χ0v) is 10.5. The Kier molecular flexibility index (Phi) is 4.19. The van der Waals surface area contributed by atoms with Crippen molar-refractivity contribution in [2.75, 3.05) is 17.2 Å². The molecule has 0 aliphatic carbocycles. The Morgan fingerprint density at radius 1 is 1.17 bits per heavy atom. The van der Waals surface area contributed by atoms with Gasteiger partial charge in [0.15, 0.2) is 0 Å². The normalized spacial score (nSPS) is 10.1. The third-order valence-electron chi connectivity index (χ3n) is 2.01. The Bertz CT molecular complexity index is 505. The van der Waals surface area contributed by atoms with E-state index in [0.29, 0.717) is 25.0 Å². The highest BCUT2D eigenvalue weighted by molar-refractivity contribution is 6.28. The van der Waals surface area contributed by atoms with Crippen LogP contribution in [0.2, 0.25) is 5.28 Å². The van der Waals surface area contributed by atoms with Crippen molar-refractivity contribution in [1.29, 1.82) is 0 Å². The predicted molar refractivity (Wildman–Crippen MR) is 68.4 cm³/mol. The van der Waals surface area contributed by atoms with Gasteiger partial charge in [-0.25, -0.2) is 9.97 Å². The van der Waals surface area contributed by atoms with Crippen molar-refractivity contribution in [3.8, 4) is 0 Å². The Labute approximate surface area is 109 Å². The molecule has 0 spiro atoms. The van der Waals surface area contributed by atoms with Gasteiger partial charge in [0.05, 0.1) is 12.2 Å². The third-order valence-corrected chi connectivity index (χ3v) is 2.18. The van der Waals surface area contributed by atoms with Gasteiger partial charge >= 0.3 is 0 Å². The van der Waals surface area contributed by atoms with Crippen molar-refractivity contribution in [3.63, 3.8) is 0 Å². The molecule has 0 fully saturated rings. The Hall–Kier alpha value is -2.02. The largest absolute Gasteiger partial charge is 0.354 e. The zero-order chi connectivity index (χ0) is 12.8. The molecule has 18 heavy (non-hydrogen) atoms. The van der Waals surface area contributed by atoms with Gasteiger partial charge in [0.1, 0.15) is 6.33 Å². The van der Waals surface area contributed by atoms with Crippen LogP contribution in [0, 0.1) is 0 Å². The van der Waals surface area contributed by atoms with E-state index in [9.17, 15) is 0 Å². The molecule has 0 saturated carbocycles. The van der Waals surface area contributed by atoms with Gasteiger partial charge in [0.2, 0.25) is 17.2 Å². The highest BCUT2D eigenvalue weighted by atomic mass is 35.5. The summed E-state index contributed by atoms with van der Waals surface area (Å²) >= 11 is 5.80. The van der Waals surface area contributed by atoms with Crippen LogP contribution in [0.1, 0.15) is 12.6 Å². The summed E-state index contributed by atoms with van der Waals surface area (Å²) in [6.07, 6.45) is 3.16. The fraction of sp³-hybridized carbons (Fsp3) is 0.300. The maximum Gasteiger partial charge on any atom is 0.229 e. The molecule has 2 aromatic heterocycles. The molecule has 0 amide bonds. The van der Waals surface area contributed by atoms with Crippen LogP contribution in [0.5, 0.6) is 0 Å². The van der Waals surface area contributed by atoms with Gasteiger partial charge in [0, 0.05) is 12.7 Å². The quantitative estimate of drug-likeness (QED) is 0.844. The summed E-state index contributed by atoms with van der Waals surface area (Å²) in [5.41, 5.74) is 0.839. The highest BCUT2D eigenvalue weighted by Gasteiger charge is 2.04. The van der Waals surface area contributed by atoms with Crippen LogP contribution >= 0.6 is 11.6 Å². The summed E-state index contributed by atoms with van der Waals surface area (Å²) in [6, 6.07) is 1.81. The molecule has 0 atom stereocenters. The fourth-order valence-corrected chi connectivity index (χ4v) is 1.42. The second-order valence-corrected chi connectivity index (χ2v) is 3.67. The molecular formula is C10H12ClN7. The second-order valence-electron chi connectivity index (χ2n) is 3.34. The fourth-order valence-electron chi connectivity index (χ4n) is 1.26. The van der Waals surface area contributed by atoms with E-state index < -0.39 is 0 Å². The van der Waals surface area contributed by atoms with Gasteiger partial charge in [0.25, 0.3) is 0 Å². The first-order valence-corrected chi connectivity index (χ1v) is 5.80. The molecular weight excluding hydrogens is 254 g/mol. The van der Waals surface area contributed by atoms with Gasteiger partial charge in [-0.2, -0.15) is 15.0 Å². The minimum Gasteiger partial charge on any atom is -0.354 e. The lowest BCUT2D eigenvalue weighted by Gasteiger charge is -2.06. The molecule has 2 aromatic rings. The van der Waals surface area contributed by atoms with Crippen LogP contribution in [0.15, 0.2) is 18.6 Å². The Morgan fingerprint density at radius 2 is 1.94 bits per heavy atom. The maximum atomic E-state index is 5.80. The predicted octanol–water partition coefficient (Wildman–Crippen LogP) is 1.36. The van der Waals surface area contributed by atoms with Crippen molar-refractivity contribution < 1.29 is 0 Å². The van der Waals surface area contributed by atoms with E-state index in [1.165, 1.54) is 6.33 Å². The van der Waals surface area contributed by atoms with Crippen LogP contribution in [-0.4, -0.2) is 31.5 Å². The average molecular weight is 266 g/mol. The number of nitrogens with zero attached hydrogens (tertiary/aromatic N) is 5. The number of halogens is 1. The zero-order valence-electron chi connectivity index (χ0n) is 9.76. The van der Waals surface area contributed by atoms with Crippen molar-refractivity contribution in [3.05, 3.63) is 29.6 Å². The van der Waals surface area contributed by atoms with Crippen molar-refractivity contribution >= 4 is 23.5 Å². The van der Waals surface area contributed by atoms with Crippen LogP contribution in [0.4, 0.5) is 11.9 Å². The van der Waals surface area contributed by atoms with Crippen LogP contribution < -0.4 is 10.6 Å². The minimum absolute atomic E-state index is 0.145. The molecule has 8 heteroatoms. The SMILES string of the molecule is CCNc1nc(Cl)nc(NCc2ccncn2)n1. The Balaban J connectivity index is 2.05. The van der Waals surface area contributed by atoms with Gasteiger partial charge in [-0.3, -0.25) is 0 Å². The molecule has 2 rings (SSSR count). The summed E-state index contributed by atoms with van der Waals surface area (Å²) in [5, 5.41) is 6.14. The first-order chi connectivity index (χ1) is 8.78. The summed E-state index contributed by atoms with van der Waals surface area (Å²) in [5.74, 6) is 0.854. The van der Waals surface area contributed by atoms with E-state index in [2.05, 4.69) is 35.6 Å². The molecule has 0 saturated heterocycles. The molecule has 2 heterocycles. The summed E-state index contributed by atoms with van der Waals surface area (Å²) in [6.45, 7) is 3.16. The van der Waals surface area contributed by atoms with E-state index in [1.54, 1.807) is 12.3 Å². The molecule has 7 nitrogen and oxygen atoms in total. The molecule has 0 aliphatic heterocycles. The first-order valence-electron chi connectivity index (χ1n) is 5.42. The summed E-state index contributed by atoms with van der Waals surface area (Å²) < 4.78 is 0. The van der Waals surface area contributed by atoms with Crippen LogP contribution in [-0.2, 0) is 6.54 Å². The van der Waals surface area contributed by atoms with E-state index in [-0.39, 0.29) is 5.28 Å². The monoisotopic (exact) mass is 265 g/mol. The molecule has 0 unspecified atom stereocenters. The van der Waals surface area contributed by atoms with Gasteiger partial charge in [-0.05, 0) is 24.6 Å². The molecule has 0 aliphatic rings. The van der Waals surface area contributed by atoms with E-state index >= 15 is 0 Å². The van der Waals surface area contributed by atoms with Gasteiger partial charge in [-0.15, -0.1) is 0 Å². The number of rotatable bonds is 5. The van der Waals surface area contributed by atoms with E-state index in [0.717, 1.165) is 5.69 Å². The lowest BCUT2D eigenvalue weighted by molar-refractivity contribution is 0.954. The lowest BCUT2D eigenvalue weighted by Crippen LogP contribution is -2.09. The molecule has 0 radical (unpaired) electrons. The van der Waals surface area contributed by atoms with Crippen molar-refractivity contribution in [1.82, 2.24) is 24.9 Å². The third kappa shape index (κ3) is 3.49. The topological polar surface area (TPSA) is 88.5 Å². The van der Waals surface area contributed by atoms with Crippen LogP contribution in [0.25, 0.3) is 0 Å². The number of hydrogen-bond donors (Lipinski definition) is 2. The summed E-state index contributed by atoms with van der Waals surface area (Å²) in [4.78, 5) is 20.0. The standard InChI is InChI=1S/C10H12ClN7/c1-2-13-9-16-8(11)17-10(18-9)14-5-7-3-4-12-6-15-7/h3-4,6H,2,5H2,1H3,(H2,13,14,16,17,18). The average Bonchev–Trinajstić information content (AvgIpc) is 2.37. The smallest absolute Gasteiger partial charge is 0.229 e. The van der Waals surface area contributed by atoms with Gasteiger partial charge in [-0.1, -0.05) is 0 Å². The number of anilines is 2. The second kappa shape index (κ2) is 6.06. The molecule has 94 valence electrons. The molecule has 0 aromatic carbocycles. The minimum atomic E-state index is 0.145. The number of nitrogens with one attached hydrogen (secondary N) is 2. The van der Waals surface area contributed by atoms with E-state index in [4.69, 9.17) is 11.6 Å². The van der Waals surface area contributed by atoms with Gasteiger partial charge < -0.3 is 10.6 Å². The van der Waals surface area contributed by atoms with E-state index in [1.807, 2.05) is 6.92 Å².